The Kier molecular flexibility index (Phi) is 7.01. The SMILES string of the molecule is C=C(CCC(F)(F)F)C(C1([SiH3])CCCCO1)C1([SiH](C)C)CCCCO1. The first-order valence-corrected chi connectivity index (χ1v) is 13.5. The Balaban J connectivity index is 2.35. The summed E-state index contributed by atoms with van der Waals surface area (Å²) < 4.78 is 51.2. The standard InChI is InChI=1S/C18H33F3O2Si2/c1-14(8-11-18(19,20)21)15(16(24)9-4-6-12-22-16)17(25(2)3)10-5-7-13-23-17/h15,25H,1,4-13H2,2-3,24H3. The van der Waals surface area contributed by atoms with Gasteiger partial charge >= 0.3 is 6.18 Å². The van der Waals surface area contributed by atoms with Crippen molar-refractivity contribution in [2.45, 2.75) is 81.1 Å². The van der Waals surface area contributed by atoms with Gasteiger partial charge in [-0.3, -0.25) is 0 Å². The van der Waals surface area contributed by atoms with Gasteiger partial charge in [0.05, 0.1) is 19.2 Å². The molecule has 2 fully saturated rings. The van der Waals surface area contributed by atoms with Crippen LogP contribution in [0.1, 0.15) is 51.4 Å². The van der Waals surface area contributed by atoms with E-state index in [1.165, 1.54) is 0 Å². The van der Waals surface area contributed by atoms with Crippen LogP contribution in [0.4, 0.5) is 13.2 Å². The van der Waals surface area contributed by atoms with Gasteiger partial charge in [0, 0.05) is 35.8 Å². The highest BCUT2D eigenvalue weighted by Gasteiger charge is 2.54. The van der Waals surface area contributed by atoms with E-state index in [0.717, 1.165) is 48.8 Å². The monoisotopic (exact) mass is 394 g/mol. The lowest BCUT2D eigenvalue weighted by Crippen LogP contribution is -2.63. The highest BCUT2D eigenvalue weighted by Crippen LogP contribution is 2.48. The zero-order valence-electron chi connectivity index (χ0n) is 15.9. The third kappa shape index (κ3) is 4.99. The molecule has 2 aliphatic rings. The largest absolute Gasteiger partial charge is 0.389 e. The molecular formula is C18H33F3O2Si2. The van der Waals surface area contributed by atoms with Crippen molar-refractivity contribution in [3.63, 3.8) is 0 Å². The molecule has 0 aromatic heterocycles. The maximum absolute atomic E-state index is 12.8. The summed E-state index contributed by atoms with van der Waals surface area (Å²) in [6, 6.07) is 0. The molecule has 0 spiro atoms. The van der Waals surface area contributed by atoms with Gasteiger partial charge in [0.25, 0.3) is 0 Å². The first-order chi connectivity index (χ1) is 11.6. The van der Waals surface area contributed by atoms with Crippen molar-refractivity contribution in [1.82, 2.24) is 0 Å². The molecule has 3 atom stereocenters. The van der Waals surface area contributed by atoms with Crippen LogP contribution < -0.4 is 0 Å². The van der Waals surface area contributed by atoms with Crippen molar-refractivity contribution in [1.29, 1.82) is 0 Å². The lowest BCUT2D eigenvalue weighted by Gasteiger charge is -2.54. The van der Waals surface area contributed by atoms with Crippen molar-refractivity contribution in [3.05, 3.63) is 12.2 Å². The van der Waals surface area contributed by atoms with Crippen LogP contribution in [-0.2, 0) is 9.47 Å². The molecule has 0 saturated carbocycles. The number of hydrogen-bond acceptors (Lipinski definition) is 2. The van der Waals surface area contributed by atoms with Gasteiger partial charge in [-0.1, -0.05) is 25.2 Å². The normalized spacial score (nSPS) is 32.7. The highest BCUT2D eigenvalue weighted by molar-refractivity contribution is 6.59. The van der Waals surface area contributed by atoms with Gasteiger partial charge in [0.15, 0.2) is 0 Å². The Labute approximate surface area is 154 Å². The van der Waals surface area contributed by atoms with Crippen LogP contribution in [-0.4, -0.2) is 48.9 Å². The van der Waals surface area contributed by atoms with Crippen molar-refractivity contribution < 1.29 is 22.6 Å². The summed E-state index contributed by atoms with van der Waals surface area (Å²) in [6.07, 6.45) is 1.19. The van der Waals surface area contributed by atoms with E-state index in [9.17, 15) is 13.2 Å². The van der Waals surface area contributed by atoms with Crippen LogP contribution in [0.15, 0.2) is 12.2 Å². The zero-order valence-corrected chi connectivity index (χ0v) is 19.0. The van der Waals surface area contributed by atoms with E-state index < -0.39 is 21.4 Å². The molecule has 7 heteroatoms. The summed E-state index contributed by atoms with van der Waals surface area (Å²) in [5.41, 5.74) is 0.706. The van der Waals surface area contributed by atoms with Crippen molar-refractivity contribution in [2.75, 3.05) is 13.2 Å². The molecule has 0 aliphatic carbocycles. The van der Waals surface area contributed by atoms with Crippen LogP contribution in [0.5, 0.6) is 0 Å². The summed E-state index contributed by atoms with van der Waals surface area (Å²) >= 11 is 0. The molecular weight excluding hydrogens is 361 g/mol. The summed E-state index contributed by atoms with van der Waals surface area (Å²) in [5, 5.41) is -0.629. The minimum absolute atomic E-state index is 0.00620. The third-order valence-corrected chi connectivity index (χ3v) is 10.2. The second-order valence-corrected chi connectivity index (χ2v) is 13.2. The Morgan fingerprint density at radius 1 is 1.12 bits per heavy atom. The molecule has 25 heavy (non-hydrogen) atoms. The van der Waals surface area contributed by atoms with Gasteiger partial charge in [0.2, 0.25) is 0 Å². The van der Waals surface area contributed by atoms with Gasteiger partial charge in [-0.2, -0.15) is 13.2 Å². The number of alkyl halides is 3. The molecule has 2 saturated heterocycles. The van der Waals surface area contributed by atoms with E-state index in [1.54, 1.807) is 0 Å². The van der Waals surface area contributed by atoms with Gasteiger partial charge in [-0.05, 0) is 44.9 Å². The predicted molar refractivity (Wildman–Crippen MR) is 102 cm³/mol. The number of hydrogen-bond donors (Lipinski definition) is 0. The minimum atomic E-state index is -4.14. The molecule has 0 amide bonds. The maximum atomic E-state index is 12.8. The number of ether oxygens (including phenoxy) is 2. The van der Waals surface area contributed by atoms with E-state index in [2.05, 4.69) is 19.7 Å². The summed E-state index contributed by atoms with van der Waals surface area (Å²) in [5.74, 6) is -0.0821. The van der Waals surface area contributed by atoms with E-state index in [0.29, 0.717) is 18.8 Å². The molecule has 0 bridgehead atoms. The molecule has 2 rings (SSSR count). The Hall–Kier alpha value is -0.116. The Morgan fingerprint density at radius 3 is 2.16 bits per heavy atom. The van der Waals surface area contributed by atoms with Crippen LogP contribution in [0.3, 0.4) is 0 Å². The molecule has 2 aliphatic heterocycles. The Morgan fingerprint density at radius 2 is 1.72 bits per heavy atom. The van der Waals surface area contributed by atoms with Gasteiger partial charge in [0.1, 0.15) is 0 Å². The smallest absolute Gasteiger partial charge is 0.379 e. The second-order valence-electron chi connectivity index (χ2n) is 8.24. The molecule has 2 nitrogen and oxygen atoms in total. The highest BCUT2D eigenvalue weighted by atomic mass is 28.3. The van der Waals surface area contributed by atoms with Crippen LogP contribution >= 0.6 is 0 Å². The summed E-state index contributed by atoms with van der Waals surface area (Å²) in [6.45, 7) is 10.1. The van der Waals surface area contributed by atoms with Crippen LogP contribution in [0.2, 0.25) is 13.1 Å². The predicted octanol–water partition coefficient (Wildman–Crippen LogP) is 3.73. The third-order valence-electron chi connectivity index (χ3n) is 6.05. The average Bonchev–Trinajstić information content (AvgIpc) is 2.53. The summed E-state index contributed by atoms with van der Waals surface area (Å²) in [4.78, 5) is 0. The van der Waals surface area contributed by atoms with E-state index in [-0.39, 0.29) is 22.8 Å². The van der Waals surface area contributed by atoms with E-state index in [1.807, 2.05) is 0 Å². The lowest BCUT2D eigenvalue weighted by molar-refractivity contribution is -0.141. The van der Waals surface area contributed by atoms with Gasteiger partial charge in [-0.15, -0.1) is 0 Å². The second kappa shape index (κ2) is 8.27. The number of halogens is 3. The average molecular weight is 395 g/mol. The maximum Gasteiger partial charge on any atom is 0.389 e. The fraction of sp³-hybridized carbons (Fsp3) is 0.889. The number of rotatable bonds is 6. The molecule has 0 radical (unpaired) electrons. The molecule has 2 heterocycles. The quantitative estimate of drug-likeness (QED) is 0.505. The first-order valence-electron chi connectivity index (χ1n) is 9.63. The van der Waals surface area contributed by atoms with Crippen molar-refractivity contribution >= 4 is 19.0 Å². The molecule has 0 aromatic rings. The molecule has 3 unspecified atom stereocenters. The van der Waals surface area contributed by atoms with Crippen LogP contribution in [0, 0.1) is 5.92 Å². The Bertz CT molecular complexity index is 454. The van der Waals surface area contributed by atoms with Gasteiger partial charge in [-0.25, -0.2) is 0 Å². The van der Waals surface area contributed by atoms with E-state index >= 15 is 0 Å². The van der Waals surface area contributed by atoms with E-state index in [4.69, 9.17) is 9.47 Å². The first kappa shape index (κ1) is 21.2. The van der Waals surface area contributed by atoms with Crippen LogP contribution in [0.25, 0.3) is 0 Å². The lowest BCUT2D eigenvalue weighted by atomic mass is 9.79. The van der Waals surface area contributed by atoms with Crippen molar-refractivity contribution in [3.8, 4) is 0 Å². The fourth-order valence-corrected chi connectivity index (χ4v) is 9.05. The zero-order chi connectivity index (χ0) is 18.7. The van der Waals surface area contributed by atoms with Crippen molar-refractivity contribution in [2.24, 2.45) is 5.92 Å². The fourth-order valence-electron chi connectivity index (χ4n) is 4.78. The molecule has 146 valence electrons. The molecule has 0 N–H and O–H groups in total. The minimum Gasteiger partial charge on any atom is -0.379 e. The molecule has 0 aromatic carbocycles. The van der Waals surface area contributed by atoms with Gasteiger partial charge < -0.3 is 9.47 Å². The topological polar surface area (TPSA) is 18.5 Å². The summed E-state index contributed by atoms with van der Waals surface area (Å²) in [7, 11) is -0.508.